The van der Waals surface area contributed by atoms with E-state index in [-0.39, 0.29) is 5.56 Å². The van der Waals surface area contributed by atoms with Gasteiger partial charge in [-0.3, -0.25) is 4.68 Å². The predicted octanol–water partition coefficient (Wildman–Crippen LogP) is -0.402. The third-order valence-corrected chi connectivity index (χ3v) is 1.35. The summed E-state index contributed by atoms with van der Waals surface area (Å²) < 4.78 is 0.756. The van der Waals surface area contributed by atoms with Gasteiger partial charge in [-0.2, -0.15) is 0 Å². The Hall–Kier alpha value is -1.98. The van der Waals surface area contributed by atoms with Gasteiger partial charge in [0.1, 0.15) is 0 Å². The van der Waals surface area contributed by atoms with Crippen LogP contribution in [0.5, 0.6) is 0 Å². The number of aromatic nitrogens is 1. The van der Waals surface area contributed by atoms with Gasteiger partial charge in [-0.05, 0) is 6.07 Å². The van der Waals surface area contributed by atoms with Gasteiger partial charge in [0.05, 0.1) is 5.56 Å². The molecule has 0 saturated carbocycles. The minimum absolute atomic E-state index is 0.315. The Morgan fingerprint density at radius 1 is 1.33 bits per heavy atom. The topological polar surface area (TPSA) is 106 Å². The lowest BCUT2D eigenvalue weighted by molar-refractivity contribution is 0.0645. The van der Waals surface area contributed by atoms with Gasteiger partial charge in [0, 0.05) is 6.20 Å². The van der Waals surface area contributed by atoms with Crippen LogP contribution < -0.4 is 5.84 Å². The van der Waals surface area contributed by atoms with Crippen molar-refractivity contribution in [2.45, 2.75) is 0 Å². The van der Waals surface area contributed by atoms with Crippen molar-refractivity contribution < 1.29 is 19.8 Å². The fraction of sp³-hybridized carbons (Fsp3) is 0. The fourth-order valence-electron chi connectivity index (χ4n) is 0.846. The summed E-state index contributed by atoms with van der Waals surface area (Å²) in [5, 5.41) is 17.0. The second kappa shape index (κ2) is 2.57. The van der Waals surface area contributed by atoms with Crippen LogP contribution in [0.4, 0.5) is 0 Å². The van der Waals surface area contributed by atoms with Gasteiger partial charge < -0.3 is 16.1 Å². The van der Waals surface area contributed by atoms with E-state index in [9.17, 15) is 9.59 Å². The normalized spacial score (nSPS) is 9.67. The summed E-state index contributed by atoms with van der Waals surface area (Å²) in [6.45, 7) is 0. The molecule has 0 radical (unpaired) electrons. The van der Waals surface area contributed by atoms with Gasteiger partial charge in [-0.15, -0.1) is 0 Å². The number of nitrogen functional groups attached to an aromatic ring is 1. The molecular weight excluding hydrogens is 164 g/mol. The zero-order valence-corrected chi connectivity index (χ0v) is 5.89. The second-order valence-corrected chi connectivity index (χ2v) is 2.10. The number of carboxylic acid groups (broad SMARTS) is 2. The quantitative estimate of drug-likeness (QED) is 0.523. The van der Waals surface area contributed by atoms with Gasteiger partial charge in [0.25, 0.3) is 0 Å². The summed E-state index contributed by atoms with van der Waals surface area (Å²) in [7, 11) is 0. The van der Waals surface area contributed by atoms with E-state index in [2.05, 4.69) is 0 Å². The molecule has 1 rings (SSSR count). The molecule has 0 atom stereocenters. The molecule has 0 aliphatic heterocycles. The Kier molecular flexibility index (Phi) is 1.74. The highest BCUT2D eigenvalue weighted by atomic mass is 16.4. The highest BCUT2D eigenvalue weighted by Crippen LogP contribution is 2.08. The molecule has 0 aliphatic rings. The maximum atomic E-state index is 10.4. The monoisotopic (exact) mass is 170 g/mol. The van der Waals surface area contributed by atoms with Crippen molar-refractivity contribution in [1.29, 1.82) is 0 Å². The first-order valence-corrected chi connectivity index (χ1v) is 2.97. The predicted molar refractivity (Wildman–Crippen MR) is 38.5 cm³/mol. The zero-order chi connectivity index (χ0) is 9.30. The van der Waals surface area contributed by atoms with Crippen molar-refractivity contribution >= 4 is 11.9 Å². The van der Waals surface area contributed by atoms with Crippen LogP contribution in [0.3, 0.4) is 0 Å². The van der Waals surface area contributed by atoms with Crippen LogP contribution >= 0.6 is 0 Å². The number of hydrogen-bond donors (Lipinski definition) is 3. The van der Waals surface area contributed by atoms with E-state index in [0.717, 1.165) is 10.7 Å². The number of rotatable bonds is 2. The summed E-state index contributed by atoms with van der Waals surface area (Å²) in [6, 6.07) is 1.13. The molecule has 12 heavy (non-hydrogen) atoms. The molecule has 0 aliphatic carbocycles. The third-order valence-electron chi connectivity index (χ3n) is 1.35. The van der Waals surface area contributed by atoms with Crippen LogP contribution in [0.2, 0.25) is 0 Å². The molecule has 0 unspecified atom stereocenters. The molecule has 0 saturated heterocycles. The molecule has 1 heterocycles. The number of nitrogens with zero attached hydrogens (tertiary/aromatic N) is 1. The fourth-order valence-corrected chi connectivity index (χ4v) is 0.846. The molecule has 6 heteroatoms. The molecule has 0 fully saturated rings. The Balaban J connectivity index is 3.31. The molecule has 0 aromatic carbocycles. The molecular formula is C6H6N2O4. The smallest absolute Gasteiger partial charge is 0.355 e. The van der Waals surface area contributed by atoms with Crippen LogP contribution in [0, 0.1) is 0 Å². The first-order chi connectivity index (χ1) is 5.54. The van der Waals surface area contributed by atoms with Crippen molar-refractivity contribution in [3.05, 3.63) is 23.5 Å². The van der Waals surface area contributed by atoms with Crippen LogP contribution in [-0.4, -0.2) is 26.8 Å². The summed E-state index contributed by atoms with van der Waals surface area (Å²) in [5.41, 5.74) is -0.743. The van der Waals surface area contributed by atoms with E-state index in [1.54, 1.807) is 0 Å². The van der Waals surface area contributed by atoms with Crippen molar-refractivity contribution in [3.63, 3.8) is 0 Å². The summed E-state index contributed by atoms with van der Waals surface area (Å²) in [6.07, 6.45) is 1.17. The lowest BCUT2D eigenvalue weighted by Gasteiger charge is -1.97. The first kappa shape index (κ1) is 8.12. The van der Waals surface area contributed by atoms with Gasteiger partial charge in [0.15, 0.2) is 5.69 Å². The lowest BCUT2D eigenvalue weighted by Crippen LogP contribution is -2.17. The number of aromatic carboxylic acids is 2. The SMILES string of the molecule is Nn1ccc(C(=O)O)c1C(=O)O. The number of nitrogens with two attached hydrogens (primary N) is 1. The largest absolute Gasteiger partial charge is 0.478 e. The average Bonchev–Trinajstić information content (AvgIpc) is 2.30. The first-order valence-electron chi connectivity index (χ1n) is 2.97. The van der Waals surface area contributed by atoms with Gasteiger partial charge in [-0.1, -0.05) is 0 Å². The molecule has 6 nitrogen and oxygen atoms in total. The average molecular weight is 170 g/mol. The number of hydrogen-bond acceptors (Lipinski definition) is 3. The van der Waals surface area contributed by atoms with Crippen LogP contribution in [-0.2, 0) is 0 Å². The minimum Gasteiger partial charge on any atom is -0.478 e. The number of carboxylic acids is 2. The third kappa shape index (κ3) is 1.09. The number of carbonyl (C=O) groups is 2. The molecule has 64 valence electrons. The van der Waals surface area contributed by atoms with Crippen LogP contribution in [0.15, 0.2) is 12.3 Å². The van der Waals surface area contributed by atoms with Gasteiger partial charge in [-0.25, -0.2) is 9.59 Å². The molecule has 1 aromatic rings. The maximum Gasteiger partial charge on any atom is 0.355 e. The zero-order valence-electron chi connectivity index (χ0n) is 5.89. The Morgan fingerprint density at radius 3 is 2.25 bits per heavy atom. The van der Waals surface area contributed by atoms with E-state index >= 15 is 0 Å². The maximum absolute atomic E-state index is 10.4. The Labute approximate surface area is 66.8 Å². The van der Waals surface area contributed by atoms with Crippen molar-refractivity contribution in [2.75, 3.05) is 5.84 Å². The van der Waals surface area contributed by atoms with Gasteiger partial charge in [0.2, 0.25) is 0 Å². The molecule has 4 N–H and O–H groups in total. The molecule has 1 aromatic heterocycles. The molecule has 0 bridgehead atoms. The van der Waals surface area contributed by atoms with Crippen LogP contribution in [0.1, 0.15) is 20.8 Å². The van der Waals surface area contributed by atoms with Gasteiger partial charge >= 0.3 is 11.9 Å². The van der Waals surface area contributed by atoms with Crippen LogP contribution in [0.25, 0.3) is 0 Å². The molecule has 0 amide bonds. The summed E-state index contributed by atoms with van der Waals surface area (Å²) in [5.74, 6) is 2.48. The van der Waals surface area contributed by atoms with Crippen molar-refractivity contribution in [2.24, 2.45) is 0 Å². The highest BCUT2D eigenvalue weighted by molar-refractivity contribution is 6.00. The minimum atomic E-state index is -1.36. The standard InChI is InChI=1S/C6H6N2O4/c7-8-2-1-3(5(9)10)4(8)6(11)12/h1-2H,7H2,(H,9,10)(H,11,12). The Morgan fingerprint density at radius 2 is 1.92 bits per heavy atom. The second-order valence-electron chi connectivity index (χ2n) is 2.10. The molecule has 0 spiro atoms. The van der Waals surface area contributed by atoms with E-state index in [4.69, 9.17) is 16.1 Å². The summed E-state index contributed by atoms with van der Waals surface area (Å²) in [4.78, 5) is 20.9. The van der Waals surface area contributed by atoms with E-state index in [1.165, 1.54) is 6.20 Å². The Bertz CT molecular complexity index is 341. The van der Waals surface area contributed by atoms with E-state index in [1.807, 2.05) is 0 Å². The van der Waals surface area contributed by atoms with E-state index in [0.29, 0.717) is 0 Å². The highest BCUT2D eigenvalue weighted by Gasteiger charge is 2.19. The van der Waals surface area contributed by atoms with Crippen molar-refractivity contribution in [1.82, 2.24) is 4.68 Å². The summed E-state index contributed by atoms with van der Waals surface area (Å²) >= 11 is 0. The lowest BCUT2D eigenvalue weighted by atomic mass is 10.2. The van der Waals surface area contributed by atoms with E-state index < -0.39 is 17.6 Å². The van der Waals surface area contributed by atoms with Crippen molar-refractivity contribution in [3.8, 4) is 0 Å².